The second-order valence-electron chi connectivity index (χ2n) is 6.67. The monoisotopic (exact) mass is 417 g/mol. The van der Waals surface area contributed by atoms with Gasteiger partial charge in [-0.15, -0.1) is 0 Å². The fourth-order valence-corrected chi connectivity index (χ4v) is 3.24. The molecule has 9 nitrogen and oxygen atoms in total. The van der Waals surface area contributed by atoms with Crippen LogP contribution in [0.15, 0.2) is 66.7 Å². The Hall–Kier alpha value is -4.53. The molecule has 154 valence electrons. The number of methoxy groups -OCH3 is 1. The minimum Gasteiger partial charge on any atom is -0.497 e. The van der Waals surface area contributed by atoms with Crippen molar-refractivity contribution in [3.05, 3.63) is 93.5 Å². The maximum absolute atomic E-state index is 12.8. The number of hydrogen-bond donors (Lipinski definition) is 1. The van der Waals surface area contributed by atoms with Gasteiger partial charge in [-0.05, 0) is 48.5 Å². The number of imide groups is 1. The van der Waals surface area contributed by atoms with Gasteiger partial charge in [0.05, 0.1) is 28.8 Å². The van der Waals surface area contributed by atoms with E-state index < -0.39 is 22.6 Å². The van der Waals surface area contributed by atoms with Crippen LogP contribution in [-0.2, 0) is 0 Å². The molecule has 0 saturated carbocycles. The summed E-state index contributed by atoms with van der Waals surface area (Å²) in [7, 11) is 1.54. The lowest BCUT2D eigenvalue weighted by atomic mass is 10.1. The van der Waals surface area contributed by atoms with Crippen molar-refractivity contribution in [3.8, 4) is 5.75 Å². The number of non-ortho nitro benzene ring substituents is 1. The van der Waals surface area contributed by atoms with Gasteiger partial charge < -0.3 is 10.1 Å². The summed E-state index contributed by atoms with van der Waals surface area (Å²) in [5, 5.41) is 13.7. The van der Waals surface area contributed by atoms with E-state index >= 15 is 0 Å². The SMILES string of the molecule is COc1ccc(NC(=O)c2cccc(N3C(=O)c4ccc([N+](=O)[O-])cc4C3=O)c2)cc1. The number of nitrogens with one attached hydrogen (secondary N) is 1. The standard InChI is InChI=1S/C22H15N3O6/c1-31-17-8-5-14(6-9-17)23-20(26)13-3-2-4-15(11-13)24-21(27)18-10-7-16(25(29)30)12-19(18)22(24)28/h2-12H,1H3,(H,23,26). The van der Waals surface area contributed by atoms with Gasteiger partial charge in [-0.2, -0.15) is 0 Å². The van der Waals surface area contributed by atoms with Gasteiger partial charge in [-0.25, -0.2) is 4.90 Å². The van der Waals surface area contributed by atoms with E-state index in [-0.39, 0.29) is 28.1 Å². The first-order valence-electron chi connectivity index (χ1n) is 9.12. The highest BCUT2D eigenvalue weighted by atomic mass is 16.6. The van der Waals surface area contributed by atoms with E-state index in [4.69, 9.17) is 4.74 Å². The lowest BCUT2D eigenvalue weighted by Gasteiger charge is -2.15. The van der Waals surface area contributed by atoms with Crippen LogP contribution in [0.25, 0.3) is 0 Å². The lowest BCUT2D eigenvalue weighted by Crippen LogP contribution is -2.29. The molecule has 0 saturated heterocycles. The largest absolute Gasteiger partial charge is 0.497 e. The molecule has 1 aliphatic heterocycles. The maximum atomic E-state index is 12.8. The number of hydrogen-bond acceptors (Lipinski definition) is 6. The molecule has 9 heteroatoms. The Balaban J connectivity index is 1.60. The van der Waals surface area contributed by atoms with Crippen molar-refractivity contribution in [1.82, 2.24) is 0 Å². The average Bonchev–Trinajstić information content (AvgIpc) is 3.04. The predicted octanol–water partition coefficient (Wildman–Crippen LogP) is 3.66. The molecule has 3 aromatic carbocycles. The summed E-state index contributed by atoms with van der Waals surface area (Å²) in [4.78, 5) is 49.4. The highest BCUT2D eigenvalue weighted by Crippen LogP contribution is 2.31. The molecular weight excluding hydrogens is 402 g/mol. The smallest absolute Gasteiger partial charge is 0.270 e. The topological polar surface area (TPSA) is 119 Å². The minimum absolute atomic E-state index is 0.0488. The van der Waals surface area contributed by atoms with Gasteiger partial charge in [-0.3, -0.25) is 24.5 Å². The number of nitro groups is 1. The number of amides is 3. The molecule has 0 bridgehead atoms. The fraction of sp³-hybridized carbons (Fsp3) is 0.0455. The number of rotatable bonds is 5. The van der Waals surface area contributed by atoms with Gasteiger partial charge in [0.25, 0.3) is 23.4 Å². The van der Waals surface area contributed by atoms with Crippen molar-refractivity contribution in [2.75, 3.05) is 17.3 Å². The van der Waals surface area contributed by atoms with Crippen LogP contribution in [0.5, 0.6) is 5.75 Å². The summed E-state index contributed by atoms with van der Waals surface area (Å²) in [5.74, 6) is -1.08. The summed E-state index contributed by atoms with van der Waals surface area (Å²) in [5.41, 5.74) is 0.710. The van der Waals surface area contributed by atoms with Crippen molar-refractivity contribution in [2.24, 2.45) is 0 Å². The Morgan fingerprint density at radius 3 is 2.35 bits per heavy atom. The number of fused-ring (bicyclic) bond motifs is 1. The molecule has 1 N–H and O–H groups in total. The highest BCUT2D eigenvalue weighted by molar-refractivity contribution is 6.34. The first kappa shape index (κ1) is 19.8. The Bertz CT molecular complexity index is 1240. The Morgan fingerprint density at radius 2 is 1.68 bits per heavy atom. The molecule has 0 aliphatic carbocycles. The Kier molecular flexibility index (Phi) is 4.92. The van der Waals surface area contributed by atoms with Gasteiger partial charge in [0.15, 0.2) is 0 Å². The van der Waals surface area contributed by atoms with Gasteiger partial charge in [0.2, 0.25) is 0 Å². The molecule has 1 heterocycles. The fourth-order valence-electron chi connectivity index (χ4n) is 3.24. The zero-order valence-corrected chi connectivity index (χ0v) is 16.2. The quantitative estimate of drug-likeness (QED) is 0.384. The third-order valence-electron chi connectivity index (χ3n) is 4.80. The molecule has 4 rings (SSSR count). The summed E-state index contributed by atoms with van der Waals surface area (Å²) in [6.07, 6.45) is 0. The minimum atomic E-state index is -0.684. The molecular formula is C22H15N3O6. The predicted molar refractivity (Wildman–Crippen MR) is 112 cm³/mol. The number of benzene rings is 3. The third kappa shape index (κ3) is 3.60. The van der Waals surface area contributed by atoms with E-state index in [0.29, 0.717) is 11.4 Å². The summed E-state index contributed by atoms with van der Waals surface area (Å²) < 4.78 is 5.08. The lowest BCUT2D eigenvalue weighted by molar-refractivity contribution is -0.384. The average molecular weight is 417 g/mol. The van der Waals surface area contributed by atoms with Crippen LogP contribution in [0.1, 0.15) is 31.1 Å². The van der Waals surface area contributed by atoms with E-state index in [1.807, 2.05) is 0 Å². The number of carbonyl (C=O) groups is 3. The Labute approximate surface area is 176 Å². The molecule has 31 heavy (non-hydrogen) atoms. The second-order valence-corrected chi connectivity index (χ2v) is 6.67. The van der Waals surface area contributed by atoms with Crippen LogP contribution in [0.4, 0.5) is 17.1 Å². The first-order valence-corrected chi connectivity index (χ1v) is 9.12. The normalized spacial score (nSPS) is 12.5. The van der Waals surface area contributed by atoms with Gasteiger partial charge >= 0.3 is 0 Å². The van der Waals surface area contributed by atoms with E-state index in [1.165, 1.54) is 31.4 Å². The van der Waals surface area contributed by atoms with Crippen LogP contribution >= 0.6 is 0 Å². The number of anilines is 2. The molecule has 3 amide bonds. The Morgan fingerprint density at radius 1 is 0.968 bits per heavy atom. The molecule has 0 unspecified atom stereocenters. The van der Waals surface area contributed by atoms with Gasteiger partial charge in [0.1, 0.15) is 5.75 Å². The number of nitrogens with zero attached hydrogens (tertiary/aromatic N) is 2. The van der Waals surface area contributed by atoms with Crippen molar-refractivity contribution >= 4 is 34.8 Å². The van der Waals surface area contributed by atoms with Crippen molar-refractivity contribution in [3.63, 3.8) is 0 Å². The highest BCUT2D eigenvalue weighted by Gasteiger charge is 2.38. The number of ether oxygens (including phenoxy) is 1. The number of carbonyl (C=O) groups excluding carboxylic acids is 3. The molecule has 0 atom stereocenters. The van der Waals surface area contributed by atoms with E-state index in [0.717, 1.165) is 11.0 Å². The van der Waals surface area contributed by atoms with E-state index in [2.05, 4.69) is 5.32 Å². The zero-order chi connectivity index (χ0) is 22.1. The van der Waals surface area contributed by atoms with Crippen molar-refractivity contribution < 1.29 is 24.0 Å². The number of nitro benzene ring substituents is 1. The van der Waals surface area contributed by atoms with Crippen LogP contribution in [0.2, 0.25) is 0 Å². The molecule has 0 radical (unpaired) electrons. The van der Waals surface area contributed by atoms with Crippen LogP contribution in [-0.4, -0.2) is 29.8 Å². The first-order chi connectivity index (χ1) is 14.9. The summed E-state index contributed by atoms with van der Waals surface area (Å²) in [6, 6.07) is 16.3. The van der Waals surface area contributed by atoms with Crippen LogP contribution in [0.3, 0.4) is 0 Å². The zero-order valence-electron chi connectivity index (χ0n) is 16.2. The summed E-state index contributed by atoms with van der Waals surface area (Å²) in [6.45, 7) is 0. The van der Waals surface area contributed by atoms with E-state index in [9.17, 15) is 24.5 Å². The molecule has 0 aromatic heterocycles. The molecule has 1 aliphatic rings. The third-order valence-corrected chi connectivity index (χ3v) is 4.80. The van der Waals surface area contributed by atoms with Gasteiger partial charge in [-0.1, -0.05) is 6.07 Å². The van der Waals surface area contributed by atoms with Crippen molar-refractivity contribution in [2.45, 2.75) is 0 Å². The molecule has 0 spiro atoms. The van der Waals surface area contributed by atoms with Gasteiger partial charge in [0, 0.05) is 23.4 Å². The van der Waals surface area contributed by atoms with Crippen molar-refractivity contribution in [1.29, 1.82) is 0 Å². The summed E-state index contributed by atoms with van der Waals surface area (Å²) >= 11 is 0. The molecule has 0 fully saturated rings. The van der Waals surface area contributed by atoms with Crippen LogP contribution < -0.4 is 15.0 Å². The molecule has 3 aromatic rings. The van der Waals surface area contributed by atoms with E-state index in [1.54, 1.807) is 36.4 Å². The second kappa shape index (κ2) is 7.71. The van der Waals surface area contributed by atoms with Crippen LogP contribution in [0, 0.1) is 10.1 Å². The maximum Gasteiger partial charge on any atom is 0.270 e.